The van der Waals surface area contributed by atoms with Crippen LogP contribution in [0.2, 0.25) is 0 Å². The van der Waals surface area contributed by atoms with E-state index in [2.05, 4.69) is 22.1 Å². The lowest BCUT2D eigenvalue weighted by molar-refractivity contribution is -0.120. The monoisotopic (exact) mass is 286 g/mol. The standard InChI is InChI=1S/C15H14N2O2S/c18-7-2-4-13-5-8-20-14(13)11-17-15(19)9-12-3-1-6-16-10-12/h1,3,5-6,8,10,18H,7,9,11H2,(H,17,19). The maximum absolute atomic E-state index is 11.8. The Morgan fingerprint density at radius 3 is 3.10 bits per heavy atom. The zero-order chi connectivity index (χ0) is 14.2. The molecular weight excluding hydrogens is 272 g/mol. The van der Waals surface area contributed by atoms with Crippen molar-refractivity contribution in [1.29, 1.82) is 0 Å². The Kier molecular flexibility index (Phi) is 5.30. The number of amides is 1. The van der Waals surface area contributed by atoms with Gasteiger partial charge in [-0.2, -0.15) is 0 Å². The van der Waals surface area contributed by atoms with Gasteiger partial charge in [0.05, 0.1) is 13.0 Å². The number of rotatable bonds is 4. The first-order valence-electron chi connectivity index (χ1n) is 6.11. The molecule has 2 rings (SSSR count). The van der Waals surface area contributed by atoms with Crippen molar-refractivity contribution in [2.75, 3.05) is 6.61 Å². The second kappa shape index (κ2) is 7.43. The van der Waals surface area contributed by atoms with Crippen molar-refractivity contribution in [3.8, 4) is 11.8 Å². The van der Waals surface area contributed by atoms with Crippen molar-refractivity contribution < 1.29 is 9.90 Å². The van der Waals surface area contributed by atoms with Crippen LogP contribution in [0.3, 0.4) is 0 Å². The Bertz CT molecular complexity index is 626. The predicted octanol–water partition coefficient (Wildman–Crippen LogP) is 1.35. The third-order valence-corrected chi connectivity index (χ3v) is 3.50. The van der Waals surface area contributed by atoms with E-state index in [0.29, 0.717) is 13.0 Å². The zero-order valence-corrected chi connectivity index (χ0v) is 11.6. The zero-order valence-electron chi connectivity index (χ0n) is 10.8. The highest BCUT2D eigenvalue weighted by Gasteiger charge is 2.06. The smallest absolute Gasteiger partial charge is 0.224 e. The molecule has 2 heterocycles. The second-order valence-corrected chi connectivity index (χ2v) is 5.03. The molecular formula is C15H14N2O2S. The van der Waals surface area contributed by atoms with Crippen LogP contribution in [0.25, 0.3) is 0 Å². The Balaban J connectivity index is 1.89. The maximum atomic E-state index is 11.8. The number of aromatic nitrogens is 1. The molecule has 0 saturated heterocycles. The highest BCUT2D eigenvalue weighted by Crippen LogP contribution is 2.15. The highest BCUT2D eigenvalue weighted by molar-refractivity contribution is 7.10. The highest BCUT2D eigenvalue weighted by atomic mass is 32.1. The number of hydrogen-bond donors (Lipinski definition) is 2. The van der Waals surface area contributed by atoms with Crippen LogP contribution < -0.4 is 5.32 Å². The molecule has 4 nitrogen and oxygen atoms in total. The van der Waals surface area contributed by atoms with Crippen LogP contribution >= 0.6 is 11.3 Å². The van der Waals surface area contributed by atoms with E-state index in [-0.39, 0.29) is 12.5 Å². The lowest BCUT2D eigenvalue weighted by atomic mass is 10.2. The largest absolute Gasteiger partial charge is 0.384 e. The Morgan fingerprint density at radius 1 is 1.45 bits per heavy atom. The van der Waals surface area contributed by atoms with E-state index >= 15 is 0 Å². The van der Waals surface area contributed by atoms with Gasteiger partial charge in [-0.25, -0.2) is 0 Å². The summed E-state index contributed by atoms with van der Waals surface area (Å²) >= 11 is 1.54. The first kappa shape index (κ1) is 14.3. The van der Waals surface area contributed by atoms with Gasteiger partial charge >= 0.3 is 0 Å². The average molecular weight is 286 g/mol. The van der Waals surface area contributed by atoms with E-state index in [0.717, 1.165) is 16.0 Å². The number of hydrogen-bond acceptors (Lipinski definition) is 4. The van der Waals surface area contributed by atoms with Gasteiger partial charge < -0.3 is 10.4 Å². The summed E-state index contributed by atoms with van der Waals surface area (Å²) in [5.41, 5.74) is 1.74. The Hall–Kier alpha value is -2.16. The van der Waals surface area contributed by atoms with Gasteiger partial charge in [0.25, 0.3) is 0 Å². The lowest BCUT2D eigenvalue weighted by Crippen LogP contribution is -2.24. The molecule has 0 unspecified atom stereocenters. The van der Waals surface area contributed by atoms with Crippen LogP contribution in [0.4, 0.5) is 0 Å². The summed E-state index contributed by atoms with van der Waals surface area (Å²) in [6.07, 6.45) is 3.68. The third-order valence-electron chi connectivity index (χ3n) is 2.58. The van der Waals surface area contributed by atoms with Crippen molar-refractivity contribution in [3.63, 3.8) is 0 Å². The molecule has 0 radical (unpaired) electrons. The molecule has 0 aliphatic heterocycles. The van der Waals surface area contributed by atoms with Crippen LogP contribution in [0, 0.1) is 11.8 Å². The molecule has 2 aromatic heterocycles. The van der Waals surface area contributed by atoms with Crippen LogP contribution in [0.5, 0.6) is 0 Å². The fraction of sp³-hybridized carbons (Fsp3) is 0.200. The molecule has 0 aliphatic rings. The molecule has 0 saturated carbocycles. The predicted molar refractivity (Wildman–Crippen MR) is 78.1 cm³/mol. The summed E-state index contributed by atoms with van der Waals surface area (Å²) in [5.74, 6) is 5.43. The fourth-order valence-corrected chi connectivity index (χ4v) is 2.42. The quantitative estimate of drug-likeness (QED) is 0.834. The maximum Gasteiger partial charge on any atom is 0.224 e. The Morgan fingerprint density at radius 2 is 2.35 bits per heavy atom. The normalized spacial score (nSPS) is 9.65. The third kappa shape index (κ3) is 4.19. The van der Waals surface area contributed by atoms with E-state index in [1.54, 1.807) is 12.4 Å². The van der Waals surface area contributed by atoms with E-state index in [1.807, 2.05) is 23.6 Å². The SMILES string of the molecule is O=C(Cc1cccnc1)NCc1sccc1C#CCO. The number of nitrogens with one attached hydrogen (secondary N) is 1. The van der Waals surface area contributed by atoms with Gasteiger partial charge in [0, 0.05) is 22.8 Å². The summed E-state index contributed by atoms with van der Waals surface area (Å²) in [6, 6.07) is 5.57. The van der Waals surface area contributed by atoms with Gasteiger partial charge in [-0.15, -0.1) is 11.3 Å². The van der Waals surface area contributed by atoms with Gasteiger partial charge in [0.1, 0.15) is 6.61 Å². The summed E-state index contributed by atoms with van der Waals surface area (Å²) in [6.45, 7) is 0.287. The molecule has 5 heteroatoms. The van der Waals surface area contributed by atoms with Gasteiger partial charge in [0.15, 0.2) is 0 Å². The van der Waals surface area contributed by atoms with Crippen LogP contribution in [-0.4, -0.2) is 22.6 Å². The van der Waals surface area contributed by atoms with E-state index < -0.39 is 0 Å². The van der Waals surface area contributed by atoms with E-state index in [4.69, 9.17) is 5.11 Å². The van der Waals surface area contributed by atoms with Crippen molar-refractivity contribution in [2.45, 2.75) is 13.0 Å². The number of thiophene rings is 1. The van der Waals surface area contributed by atoms with Crippen molar-refractivity contribution in [2.24, 2.45) is 0 Å². The minimum absolute atomic E-state index is 0.0486. The van der Waals surface area contributed by atoms with Gasteiger partial charge in [0.2, 0.25) is 5.91 Å². The molecule has 2 aromatic rings. The van der Waals surface area contributed by atoms with Crippen molar-refractivity contribution in [3.05, 3.63) is 52.0 Å². The molecule has 0 aromatic carbocycles. The topological polar surface area (TPSA) is 62.2 Å². The molecule has 0 atom stereocenters. The van der Waals surface area contributed by atoms with Gasteiger partial charge in [-0.05, 0) is 23.1 Å². The van der Waals surface area contributed by atoms with Gasteiger partial charge in [-0.1, -0.05) is 17.9 Å². The van der Waals surface area contributed by atoms with Crippen molar-refractivity contribution >= 4 is 17.2 Å². The van der Waals surface area contributed by atoms with Crippen LogP contribution in [0.1, 0.15) is 16.0 Å². The number of nitrogens with zero attached hydrogens (tertiary/aromatic N) is 1. The average Bonchev–Trinajstić information content (AvgIpc) is 2.91. The van der Waals surface area contributed by atoms with E-state index in [9.17, 15) is 4.79 Å². The number of carbonyl (C=O) groups excluding carboxylic acids is 1. The fourth-order valence-electron chi connectivity index (χ4n) is 1.65. The first-order valence-corrected chi connectivity index (χ1v) is 6.99. The van der Waals surface area contributed by atoms with Gasteiger partial charge in [-0.3, -0.25) is 9.78 Å². The molecule has 0 spiro atoms. The minimum Gasteiger partial charge on any atom is -0.384 e. The van der Waals surface area contributed by atoms with Crippen LogP contribution in [-0.2, 0) is 17.8 Å². The second-order valence-electron chi connectivity index (χ2n) is 4.03. The lowest BCUT2D eigenvalue weighted by Gasteiger charge is -2.04. The summed E-state index contributed by atoms with van der Waals surface area (Å²) < 4.78 is 0. The van der Waals surface area contributed by atoms with Crippen molar-refractivity contribution in [1.82, 2.24) is 10.3 Å². The molecule has 20 heavy (non-hydrogen) atoms. The van der Waals surface area contributed by atoms with E-state index in [1.165, 1.54) is 11.3 Å². The number of carbonyl (C=O) groups is 1. The number of aliphatic hydroxyl groups excluding tert-OH is 1. The molecule has 0 bridgehead atoms. The Labute approximate surface area is 121 Å². The molecule has 2 N–H and O–H groups in total. The molecule has 1 amide bonds. The summed E-state index contributed by atoms with van der Waals surface area (Å²) in [7, 11) is 0. The summed E-state index contributed by atoms with van der Waals surface area (Å²) in [5, 5.41) is 13.5. The summed E-state index contributed by atoms with van der Waals surface area (Å²) in [4.78, 5) is 16.8. The molecule has 102 valence electrons. The molecule has 0 fully saturated rings. The molecule has 0 aliphatic carbocycles. The first-order chi connectivity index (χ1) is 9.79. The minimum atomic E-state index is -0.164. The number of aliphatic hydroxyl groups is 1. The van der Waals surface area contributed by atoms with Crippen LogP contribution in [0.15, 0.2) is 36.0 Å². The number of pyridine rings is 1.